The van der Waals surface area contributed by atoms with Crippen LogP contribution in [-0.4, -0.2) is 10.7 Å². The summed E-state index contributed by atoms with van der Waals surface area (Å²) >= 11 is 11.8. The molecule has 0 saturated heterocycles. The third kappa shape index (κ3) is 4.36. The Balaban J connectivity index is 1.76. The Labute approximate surface area is 168 Å². The monoisotopic (exact) mass is 385 g/mol. The molecule has 2 aliphatic carbocycles. The Morgan fingerprint density at radius 2 is 1.92 bits per heavy atom. The average molecular weight is 386 g/mol. The van der Waals surface area contributed by atoms with E-state index < -0.39 is 0 Å². The highest BCUT2D eigenvalue weighted by Crippen LogP contribution is 2.46. The zero-order valence-electron chi connectivity index (χ0n) is 15.6. The van der Waals surface area contributed by atoms with E-state index in [1.807, 2.05) is 6.07 Å². The van der Waals surface area contributed by atoms with Gasteiger partial charge in [-0.3, -0.25) is 0 Å². The normalized spacial score (nSPS) is 28.7. The molecule has 0 aromatic heterocycles. The minimum absolute atomic E-state index is 0.299. The standard InChI is InChI=1S/C23H28ClNS/c1-2-3-7-18-10-12-20(13-11-18)23(25-17-26)15-14-21(22(24)16-23)19-8-5-4-6-9-19/h4-6,8-9,14-15,18,20H,2-3,7,10-13,16H2,1H3. The number of unbranched alkanes of at least 4 members (excludes halogenated alkanes) is 1. The quantitative estimate of drug-likeness (QED) is 0.366. The predicted molar refractivity (Wildman–Crippen MR) is 116 cm³/mol. The molecule has 0 N–H and O–H groups in total. The number of isothiocyanates is 1. The molecule has 1 fully saturated rings. The Morgan fingerprint density at radius 1 is 1.19 bits per heavy atom. The molecule has 1 aromatic rings. The highest BCUT2D eigenvalue weighted by atomic mass is 35.5. The van der Waals surface area contributed by atoms with Gasteiger partial charge in [0.1, 0.15) is 0 Å². The zero-order valence-corrected chi connectivity index (χ0v) is 17.2. The van der Waals surface area contributed by atoms with E-state index in [9.17, 15) is 0 Å². The summed E-state index contributed by atoms with van der Waals surface area (Å²) in [5.74, 6) is 1.40. The van der Waals surface area contributed by atoms with E-state index in [1.54, 1.807) is 0 Å². The topological polar surface area (TPSA) is 12.4 Å². The lowest BCUT2D eigenvalue weighted by molar-refractivity contribution is 0.198. The third-order valence-corrected chi connectivity index (χ3v) is 6.56. The first-order chi connectivity index (χ1) is 12.7. The molecule has 1 unspecified atom stereocenters. The first-order valence-corrected chi connectivity index (χ1v) is 10.7. The minimum Gasteiger partial charge on any atom is -0.221 e. The molecule has 0 radical (unpaired) electrons. The van der Waals surface area contributed by atoms with Crippen LogP contribution >= 0.6 is 23.8 Å². The number of rotatable bonds is 6. The first kappa shape index (κ1) is 19.5. The maximum Gasteiger partial charge on any atom is 0.0970 e. The molecule has 1 aromatic carbocycles. The van der Waals surface area contributed by atoms with Gasteiger partial charge >= 0.3 is 0 Å². The molecule has 0 aliphatic heterocycles. The van der Waals surface area contributed by atoms with Gasteiger partial charge < -0.3 is 0 Å². The van der Waals surface area contributed by atoms with Crippen molar-refractivity contribution in [2.75, 3.05) is 0 Å². The highest BCUT2D eigenvalue weighted by molar-refractivity contribution is 7.78. The summed E-state index contributed by atoms with van der Waals surface area (Å²) in [7, 11) is 0. The van der Waals surface area contributed by atoms with Gasteiger partial charge in [0.15, 0.2) is 0 Å². The van der Waals surface area contributed by atoms with E-state index in [4.69, 9.17) is 23.8 Å². The lowest BCUT2D eigenvalue weighted by Gasteiger charge is -2.40. The number of hydrogen-bond acceptors (Lipinski definition) is 2. The summed E-state index contributed by atoms with van der Waals surface area (Å²) in [5, 5.41) is 3.56. The van der Waals surface area contributed by atoms with Gasteiger partial charge in [0.05, 0.1) is 10.7 Å². The van der Waals surface area contributed by atoms with Crippen LogP contribution in [0.3, 0.4) is 0 Å². The van der Waals surface area contributed by atoms with Crippen molar-refractivity contribution in [1.29, 1.82) is 0 Å². The van der Waals surface area contributed by atoms with Crippen molar-refractivity contribution in [1.82, 2.24) is 0 Å². The second kappa shape index (κ2) is 9.13. The fourth-order valence-electron chi connectivity index (χ4n) is 4.57. The van der Waals surface area contributed by atoms with Crippen LogP contribution in [0.4, 0.5) is 0 Å². The average Bonchev–Trinajstić information content (AvgIpc) is 2.68. The molecular formula is C23H28ClNS. The van der Waals surface area contributed by atoms with Crippen molar-refractivity contribution in [2.45, 2.75) is 63.8 Å². The molecule has 2 aliphatic rings. The summed E-state index contributed by atoms with van der Waals surface area (Å²) in [6, 6.07) is 10.3. The third-order valence-electron chi connectivity index (χ3n) is 6.13. The first-order valence-electron chi connectivity index (χ1n) is 9.91. The Hall–Kier alpha value is -1.21. The van der Waals surface area contributed by atoms with E-state index in [-0.39, 0.29) is 5.54 Å². The summed E-state index contributed by atoms with van der Waals surface area (Å²) in [5.41, 5.74) is 1.98. The van der Waals surface area contributed by atoms with Crippen LogP contribution in [0.1, 0.15) is 63.9 Å². The van der Waals surface area contributed by atoms with Crippen LogP contribution in [0.25, 0.3) is 5.57 Å². The SMILES string of the molecule is CCCCC1CCC(C2(N=C=S)C=CC(c3ccccc3)=C(Cl)C2)CC1. The Kier molecular flexibility index (Phi) is 6.86. The second-order valence-corrected chi connectivity index (χ2v) is 8.39. The summed E-state index contributed by atoms with van der Waals surface area (Å²) in [4.78, 5) is 4.66. The molecule has 0 heterocycles. The van der Waals surface area contributed by atoms with Gasteiger partial charge in [0.2, 0.25) is 0 Å². The number of aliphatic imine (C=N–C) groups is 1. The molecular weight excluding hydrogens is 358 g/mol. The second-order valence-electron chi connectivity index (χ2n) is 7.75. The largest absolute Gasteiger partial charge is 0.221 e. The van der Waals surface area contributed by atoms with E-state index in [0.717, 1.165) is 28.5 Å². The predicted octanol–water partition coefficient (Wildman–Crippen LogP) is 7.43. The van der Waals surface area contributed by atoms with Crippen molar-refractivity contribution in [3.05, 3.63) is 53.1 Å². The van der Waals surface area contributed by atoms with Crippen LogP contribution in [0.2, 0.25) is 0 Å². The van der Waals surface area contributed by atoms with E-state index >= 15 is 0 Å². The van der Waals surface area contributed by atoms with Crippen molar-refractivity contribution in [3.8, 4) is 0 Å². The summed E-state index contributed by atoms with van der Waals surface area (Å²) < 4.78 is 0. The van der Waals surface area contributed by atoms with E-state index in [0.29, 0.717) is 5.92 Å². The smallest absolute Gasteiger partial charge is 0.0970 e. The summed E-state index contributed by atoms with van der Waals surface area (Å²) in [6.45, 7) is 2.28. The van der Waals surface area contributed by atoms with Gasteiger partial charge in [-0.25, -0.2) is 4.99 Å². The van der Waals surface area contributed by atoms with Crippen LogP contribution < -0.4 is 0 Å². The molecule has 26 heavy (non-hydrogen) atoms. The van der Waals surface area contributed by atoms with Crippen molar-refractivity contribution in [2.24, 2.45) is 16.8 Å². The van der Waals surface area contributed by atoms with Crippen LogP contribution in [-0.2, 0) is 0 Å². The fourth-order valence-corrected chi connectivity index (χ4v) is 5.12. The molecule has 3 heteroatoms. The van der Waals surface area contributed by atoms with Crippen LogP contribution in [0.5, 0.6) is 0 Å². The number of hydrogen-bond donors (Lipinski definition) is 0. The number of thiocarbonyl (C=S) groups is 1. The van der Waals surface area contributed by atoms with Crippen LogP contribution in [0, 0.1) is 11.8 Å². The van der Waals surface area contributed by atoms with Crippen LogP contribution in [0.15, 0.2) is 52.5 Å². The van der Waals surface area contributed by atoms with Crippen molar-refractivity contribution >= 4 is 34.6 Å². The zero-order chi connectivity index (χ0) is 18.4. The fraction of sp³-hybridized carbons (Fsp3) is 0.522. The molecule has 0 spiro atoms. The van der Waals surface area contributed by atoms with E-state index in [1.165, 1.54) is 44.9 Å². The molecule has 0 bridgehead atoms. The highest BCUT2D eigenvalue weighted by Gasteiger charge is 2.41. The molecule has 1 atom stereocenters. The maximum absolute atomic E-state index is 6.76. The Bertz CT molecular complexity index is 709. The van der Waals surface area contributed by atoms with Gasteiger partial charge in [0, 0.05) is 11.5 Å². The summed E-state index contributed by atoms with van der Waals surface area (Å²) in [6.07, 6.45) is 14.2. The number of benzene rings is 1. The number of nitrogens with zero attached hydrogens (tertiary/aromatic N) is 1. The minimum atomic E-state index is -0.299. The van der Waals surface area contributed by atoms with E-state index in [2.05, 4.69) is 53.5 Å². The lowest BCUT2D eigenvalue weighted by Crippen LogP contribution is -2.38. The van der Waals surface area contributed by atoms with Gasteiger partial charge in [-0.05, 0) is 48.0 Å². The molecule has 3 rings (SSSR count). The van der Waals surface area contributed by atoms with Gasteiger partial charge in [0.25, 0.3) is 0 Å². The molecule has 138 valence electrons. The maximum atomic E-state index is 6.76. The van der Waals surface area contributed by atoms with Gasteiger partial charge in [-0.1, -0.05) is 93.1 Å². The van der Waals surface area contributed by atoms with Crippen molar-refractivity contribution in [3.63, 3.8) is 0 Å². The van der Waals surface area contributed by atoms with Gasteiger partial charge in [-0.15, -0.1) is 0 Å². The van der Waals surface area contributed by atoms with Crippen molar-refractivity contribution < 1.29 is 0 Å². The molecule has 0 amide bonds. The lowest BCUT2D eigenvalue weighted by atomic mass is 9.68. The Morgan fingerprint density at radius 3 is 2.54 bits per heavy atom. The number of halogens is 1. The molecule has 1 saturated carbocycles. The number of allylic oxidation sites excluding steroid dienone is 2. The molecule has 1 nitrogen and oxygen atoms in total. The van der Waals surface area contributed by atoms with Gasteiger partial charge in [-0.2, -0.15) is 0 Å².